The molecule has 2 unspecified atom stereocenters. The minimum absolute atomic E-state index is 0.289. The molecule has 1 heterocycles. The van der Waals surface area contributed by atoms with Crippen LogP contribution in [0.2, 0.25) is 0 Å². The van der Waals surface area contributed by atoms with E-state index in [1.54, 1.807) is 0 Å². The van der Waals surface area contributed by atoms with Gasteiger partial charge < -0.3 is 0 Å². The Morgan fingerprint density at radius 1 is 1.75 bits per heavy atom. The average Bonchev–Trinajstić information content (AvgIpc) is 2.10. The van der Waals surface area contributed by atoms with E-state index in [2.05, 4.69) is 23.9 Å². The van der Waals surface area contributed by atoms with Crippen molar-refractivity contribution in [1.29, 1.82) is 0 Å². The molecule has 0 amide bonds. The zero-order chi connectivity index (χ0) is 9.19. The van der Waals surface area contributed by atoms with E-state index >= 15 is 0 Å². The first kappa shape index (κ1) is 10.6. The van der Waals surface area contributed by atoms with E-state index < -0.39 is 5.39 Å². The molecule has 1 aliphatic rings. The molecule has 1 fully saturated rings. The second-order valence-electron chi connectivity index (χ2n) is 2.94. The van der Waals surface area contributed by atoms with Crippen LogP contribution in [0.15, 0.2) is 0 Å². The van der Waals surface area contributed by atoms with Crippen LogP contribution in [0.4, 0.5) is 0 Å². The number of terminal acetylenes is 1. The summed E-state index contributed by atoms with van der Waals surface area (Å²) in [6.45, 7) is 0. The predicted octanol–water partition coefficient (Wildman–Crippen LogP) is 2.39. The minimum Gasteiger partial charge on any atom is -0.256 e. The highest BCUT2D eigenvalue weighted by atomic mass is 32.9. The summed E-state index contributed by atoms with van der Waals surface area (Å²) >= 11 is 7.46. The van der Waals surface area contributed by atoms with Crippen LogP contribution >= 0.6 is 16.8 Å². The Bertz CT molecular complexity index is 246. The van der Waals surface area contributed by atoms with Gasteiger partial charge >= 0.3 is 0 Å². The molecule has 0 saturated carbocycles. The summed E-state index contributed by atoms with van der Waals surface area (Å²) < 4.78 is 2.26. The topological polar surface area (TPSA) is 3.24 Å². The summed E-state index contributed by atoms with van der Waals surface area (Å²) in [6, 6.07) is 0.289. The summed E-state index contributed by atoms with van der Waals surface area (Å²) in [6.07, 6.45) is 11.0. The first-order chi connectivity index (χ1) is 5.64. The fourth-order valence-electron chi connectivity index (χ4n) is 1.45. The van der Waals surface area contributed by atoms with E-state index in [1.165, 1.54) is 12.6 Å². The van der Waals surface area contributed by atoms with E-state index in [4.69, 9.17) is 18.2 Å². The van der Waals surface area contributed by atoms with Gasteiger partial charge in [-0.15, -0.1) is 17.8 Å². The lowest BCUT2D eigenvalue weighted by molar-refractivity contribution is 0.428. The maximum Gasteiger partial charge on any atom is 0.0755 e. The third kappa shape index (κ3) is 1.88. The summed E-state index contributed by atoms with van der Waals surface area (Å²) in [7, 11) is 2.08. The van der Waals surface area contributed by atoms with Gasteiger partial charge in [0.25, 0.3) is 0 Å². The van der Waals surface area contributed by atoms with Gasteiger partial charge in [-0.1, -0.05) is 17.7 Å². The summed E-state index contributed by atoms with van der Waals surface area (Å²) in [5.41, 5.74) is 0. The van der Waals surface area contributed by atoms with Crippen molar-refractivity contribution in [2.75, 3.05) is 19.5 Å². The van der Waals surface area contributed by atoms with Gasteiger partial charge in [0.15, 0.2) is 0 Å². The van der Waals surface area contributed by atoms with E-state index in [-0.39, 0.29) is 6.04 Å². The van der Waals surface area contributed by atoms with Crippen molar-refractivity contribution in [3.8, 4) is 12.3 Å². The molecule has 68 valence electrons. The largest absolute Gasteiger partial charge is 0.256 e. The molecule has 0 aromatic carbocycles. The average molecular weight is 219 g/mol. The molecule has 1 saturated heterocycles. The molecule has 1 rings (SSSR count). The highest BCUT2D eigenvalue weighted by molar-refractivity contribution is 8.70. The molecular weight excluding hydrogens is 205 g/mol. The number of rotatable bonds is 1. The lowest BCUT2D eigenvalue weighted by Crippen LogP contribution is -2.31. The van der Waals surface area contributed by atoms with E-state index in [0.29, 0.717) is 0 Å². The van der Waals surface area contributed by atoms with Crippen LogP contribution < -0.4 is 0 Å². The van der Waals surface area contributed by atoms with Crippen molar-refractivity contribution in [2.45, 2.75) is 18.9 Å². The van der Waals surface area contributed by atoms with Gasteiger partial charge in [-0.25, -0.2) is 0 Å². The Balaban J connectivity index is 2.80. The van der Waals surface area contributed by atoms with Gasteiger partial charge in [0.2, 0.25) is 0 Å². The Kier molecular flexibility index (Phi) is 3.67. The van der Waals surface area contributed by atoms with E-state index in [9.17, 15) is 0 Å². The second-order valence-corrected chi connectivity index (χ2v) is 11.1. The van der Waals surface area contributed by atoms with E-state index in [0.717, 1.165) is 6.42 Å². The van der Waals surface area contributed by atoms with Crippen molar-refractivity contribution >= 4 is 28.6 Å². The number of hydrogen-bond donors (Lipinski definition) is 0. The lowest BCUT2D eigenvalue weighted by atomic mass is 10.2. The third-order valence-corrected chi connectivity index (χ3v) is 10.7. The molecule has 4 heteroatoms. The van der Waals surface area contributed by atoms with Crippen LogP contribution in [-0.4, -0.2) is 30.2 Å². The Hall–Kier alpha value is 0.520. The Morgan fingerprint density at radius 2 is 2.42 bits per heavy atom. The molecule has 0 spiro atoms. The van der Waals surface area contributed by atoms with Gasteiger partial charge in [0.05, 0.1) is 11.4 Å². The SMILES string of the molecule is C#CC1CCCP(=S)(SC)N1C. The molecule has 0 radical (unpaired) electrons. The standard InChI is InChI=1S/C8H14NPS2/c1-4-8-6-5-7-10(11,12-3)9(8)2/h1,8H,5-7H2,2-3H3. The highest BCUT2D eigenvalue weighted by Gasteiger charge is 2.30. The molecule has 0 aliphatic carbocycles. The van der Waals surface area contributed by atoms with Crippen LogP contribution in [-0.2, 0) is 11.8 Å². The molecule has 0 N–H and O–H groups in total. The first-order valence-corrected chi connectivity index (χ1v) is 8.75. The highest BCUT2D eigenvalue weighted by Crippen LogP contribution is 2.63. The Labute approximate surface area is 84.1 Å². The van der Waals surface area contributed by atoms with Crippen LogP contribution in [0, 0.1) is 12.3 Å². The molecule has 1 nitrogen and oxygen atoms in total. The molecule has 0 bridgehead atoms. The van der Waals surface area contributed by atoms with Crippen LogP contribution in [0.5, 0.6) is 0 Å². The summed E-state index contributed by atoms with van der Waals surface area (Å²) in [5.74, 6) is 2.82. The second kappa shape index (κ2) is 4.15. The quantitative estimate of drug-likeness (QED) is 0.492. The number of hydrogen-bond acceptors (Lipinski definition) is 2. The van der Waals surface area contributed by atoms with Gasteiger partial charge in [-0.05, 0) is 32.3 Å². The van der Waals surface area contributed by atoms with Gasteiger partial charge in [0, 0.05) is 0 Å². The monoisotopic (exact) mass is 219 g/mol. The van der Waals surface area contributed by atoms with Crippen LogP contribution in [0.3, 0.4) is 0 Å². The zero-order valence-corrected chi connectivity index (χ0v) is 10.0. The van der Waals surface area contributed by atoms with Gasteiger partial charge in [0.1, 0.15) is 0 Å². The van der Waals surface area contributed by atoms with Crippen molar-refractivity contribution in [2.24, 2.45) is 0 Å². The lowest BCUT2D eigenvalue weighted by Gasteiger charge is -2.38. The summed E-state index contributed by atoms with van der Waals surface area (Å²) in [5, 5.41) is -1.32. The maximum atomic E-state index is 5.63. The number of nitrogens with zero attached hydrogens (tertiary/aromatic N) is 1. The van der Waals surface area contributed by atoms with Crippen LogP contribution in [0.25, 0.3) is 0 Å². The van der Waals surface area contributed by atoms with Crippen molar-refractivity contribution in [3.05, 3.63) is 0 Å². The molecule has 1 aliphatic heterocycles. The first-order valence-electron chi connectivity index (χ1n) is 3.98. The predicted molar refractivity (Wildman–Crippen MR) is 62.3 cm³/mol. The molecule has 2 atom stereocenters. The maximum absolute atomic E-state index is 5.63. The third-order valence-electron chi connectivity index (χ3n) is 2.33. The van der Waals surface area contributed by atoms with Crippen molar-refractivity contribution < 1.29 is 0 Å². The molecule has 0 aromatic rings. The van der Waals surface area contributed by atoms with Crippen molar-refractivity contribution in [3.63, 3.8) is 0 Å². The fourth-order valence-corrected chi connectivity index (χ4v) is 6.18. The zero-order valence-electron chi connectivity index (χ0n) is 7.49. The van der Waals surface area contributed by atoms with Crippen LogP contribution in [0.1, 0.15) is 12.8 Å². The van der Waals surface area contributed by atoms with Gasteiger partial charge in [-0.2, -0.15) is 0 Å². The fraction of sp³-hybridized carbons (Fsp3) is 0.750. The normalized spacial score (nSPS) is 37.6. The molecule has 0 aromatic heterocycles. The molecule has 12 heavy (non-hydrogen) atoms. The van der Waals surface area contributed by atoms with E-state index in [1.807, 2.05) is 11.4 Å². The summed E-state index contributed by atoms with van der Waals surface area (Å²) in [4.78, 5) is 0. The molecular formula is C8H14NPS2. The van der Waals surface area contributed by atoms with Gasteiger partial charge in [-0.3, -0.25) is 4.67 Å². The Morgan fingerprint density at radius 3 is 2.92 bits per heavy atom. The smallest absolute Gasteiger partial charge is 0.0755 e. The minimum atomic E-state index is -1.32. The van der Waals surface area contributed by atoms with Crippen molar-refractivity contribution in [1.82, 2.24) is 4.67 Å².